The van der Waals surface area contributed by atoms with Crippen LogP contribution in [0.3, 0.4) is 0 Å². The molecule has 0 aliphatic rings. The molecular formula is C19H28IN3O2S. The number of hydrogen-bond donors (Lipinski definition) is 2. The first-order valence-electron chi connectivity index (χ1n) is 8.53. The normalized spacial score (nSPS) is 11.0. The lowest BCUT2D eigenvalue weighted by molar-refractivity contribution is 0.172. The van der Waals surface area contributed by atoms with Gasteiger partial charge in [-0.05, 0) is 38.1 Å². The first-order valence-corrected chi connectivity index (χ1v) is 9.35. The summed E-state index contributed by atoms with van der Waals surface area (Å²) in [7, 11) is 1.70. The Kier molecular flexibility index (Phi) is 11.3. The average Bonchev–Trinajstić information content (AvgIpc) is 3.03. The van der Waals surface area contributed by atoms with Crippen molar-refractivity contribution in [2.45, 2.75) is 26.8 Å². The van der Waals surface area contributed by atoms with Crippen LogP contribution in [0.5, 0.6) is 5.75 Å². The van der Waals surface area contributed by atoms with Gasteiger partial charge in [0.2, 0.25) is 0 Å². The van der Waals surface area contributed by atoms with E-state index in [9.17, 15) is 0 Å². The summed E-state index contributed by atoms with van der Waals surface area (Å²) >= 11 is 1.78. The second-order valence-electron chi connectivity index (χ2n) is 5.56. The maximum absolute atomic E-state index is 5.74. The molecule has 1 aromatic carbocycles. The lowest BCUT2D eigenvalue weighted by Gasteiger charge is -2.12. The fourth-order valence-corrected chi connectivity index (χ4v) is 3.04. The van der Waals surface area contributed by atoms with Crippen molar-refractivity contribution < 1.29 is 9.47 Å². The monoisotopic (exact) mass is 489 g/mol. The van der Waals surface area contributed by atoms with Crippen LogP contribution in [0.15, 0.2) is 41.4 Å². The van der Waals surface area contributed by atoms with E-state index in [2.05, 4.69) is 41.6 Å². The Morgan fingerprint density at radius 1 is 1.19 bits per heavy atom. The summed E-state index contributed by atoms with van der Waals surface area (Å²) in [5.41, 5.74) is 0.950. The molecule has 0 unspecified atom stereocenters. The highest BCUT2D eigenvalue weighted by atomic mass is 127. The number of methoxy groups -OCH3 is 1. The van der Waals surface area contributed by atoms with Crippen LogP contribution in [0, 0.1) is 6.92 Å². The Morgan fingerprint density at radius 3 is 2.73 bits per heavy atom. The molecule has 2 aromatic rings. The number of anilines is 1. The van der Waals surface area contributed by atoms with Crippen LogP contribution in [-0.2, 0) is 11.3 Å². The van der Waals surface area contributed by atoms with E-state index < -0.39 is 0 Å². The van der Waals surface area contributed by atoms with Gasteiger partial charge in [0.25, 0.3) is 0 Å². The number of ether oxygens (including phenoxy) is 2. The van der Waals surface area contributed by atoms with Crippen molar-refractivity contribution in [1.82, 2.24) is 5.32 Å². The van der Waals surface area contributed by atoms with Crippen molar-refractivity contribution in [3.8, 4) is 5.75 Å². The van der Waals surface area contributed by atoms with E-state index in [1.165, 1.54) is 9.75 Å². The molecule has 0 amide bonds. The molecule has 0 saturated carbocycles. The maximum Gasteiger partial charge on any atom is 0.196 e. The van der Waals surface area contributed by atoms with E-state index in [4.69, 9.17) is 9.47 Å². The van der Waals surface area contributed by atoms with E-state index in [1.54, 1.807) is 18.4 Å². The van der Waals surface area contributed by atoms with E-state index in [1.807, 2.05) is 24.3 Å². The Hall–Kier alpha value is -1.32. The third kappa shape index (κ3) is 8.37. The van der Waals surface area contributed by atoms with Crippen molar-refractivity contribution in [1.29, 1.82) is 0 Å². The second kappa shape index (κ2) is 12.9. The number of benzene rings is 1. The lowest BCUT2D eigenvalue weighted by atomic mass is 10.3. The highest BCUT2D eigenvalue weighted by Crippen LogP contribution is 2.18. The van der Waals surface area contributed by atoms with Gasteiger partial charge in [-0.3, -0.25) is 0 Å². The number of halogens is 1. The van der Waals surface area contributed by atoms with Gasteiger partial charge in [0.15, 0.2) is 5.96 Å². The highest BCUT2D eigenvalue weighted by molar-refractivity contribution is 14.0. The van der Waals surface area contributed by atoms with E-state index in [0.717, 1.165) is 30.4 Å². The second-order valence-corrected chi connectivity index (χ2v) is 6.93. The van der Waals surface area contributed by atoms with Gasteiger partial charge in [0.05, 0.1) is 13.2 Å². The molecule has 0 saturated heterocycles. The van der Waals surface area contributed by atoms with Crippen LogP contribution in [-0.4, -0.2) is 32.8 Å². The molecule has 0 spiro atoms. The van der Waals surface area contributed by atoms with E-state index >= 15 is 0 Å². The minimum atomic E-state index is 0. The van der Waals surface area contributed by atoms with Gasteiger partial charge in [-0.15, -0.1) is 35.3 Å². The van der Waals surface area contributed by atoms with Crippen LogP contribution in [0.4, 0.5) is 5.69 Å². The number of aliphatic imine (C=N–C) groups is 1. The van der Waals surface area contributed by atoms with Gasteiger partial charge in [0, 0.05) is 48.2 Å². The summed E-state index contributed by atoms with van der Waals surface area (Å²) in [5, 5.41) is 6.61. The lowest BCUT2D eigenvalue weighted by Crippen LogP contribution is -2.30. The third-order valence-electron chi connectivity index (χ3n) is 3.39. The molecule has 0 radical (unpaired) electrons. The Bertz CT molecular complexity index is 676. The zero-order valence-electron chi connectivity index (χ0n) is 15.6. The van der Waals surface area contributed by atoms with E-state index in [0.29, 0.717) is 19.8 Å². The van der Waals surface area contributed by atoms with Gasteiger partial charge in [-0.1, -0.05) is 6.07 Å². The zero-order valence-corrected chi connectivity index (χ0v) is 18.7. The van der Waals surface area contributed by atoms with E-state index in [-0.39, 0.29) is 24.0 Å². The predicted molar refractivity (Wildman–Crippen MR) is 121 cm³/mol. The molecule has 0 aliphatic heterocycles. The summed E-state index contributed by atoms with van der Waals surface area (Å²) in [6.07, 6.45) is 0.873. The highest BCUT2D eigenvalue weighted by Gasteiger charge is 2.02. The summed E-state index contributed by atoms with van der Waals surface area (Å²) in [6.45, 7) is 6.99. The van der Waals surface area contributed by atoms with Crippen molar-refractivity contribution in [2.75, 3.05) is 32.2 Å². The SMILES string of the molecule is CCNC(=NCc1ccc(C)s1)Nc1cccc(OCCCOC)c1.I. The molecule has 0 atom stereocenters. The van der Waals surface area contributed by atoms with Crippen molar-refractivity contribution in [3.05, 3.63) is 46.2 Å². The number of nitrogens with one attached hydrogen (secondary N) is 2. The summed E-state index contributed by atoms with van der Waals surface area (Å²) < 4.78 is 10.8. The van der Waals surface area contributed by atoms with Gasteiger partial charge in [0.1, 0.15) is 5.75 Å². The average molecular weight is 489 g/mol. The number of thiophene rings is 1. The summed E-state index contributed by atoms with van der Waals surface area (Å²) in [5.74, 6) is 1.61. The first-order chi connectivity index (χ1) is 12.2. The number of aryl methyl sites for hydroxylation is 1. The van der Waals surface area contributed by atoms with Crippen molar-refractivity contribution in [3.63, 3.8) is 0 Å². The van der Waals surface area contributed by atoms with Crippen LogP contribution in [0.1, 0.15) is 23.1 Å². The summed E-state index contributed by atoms with van der Waals surface area (Å²) in [6, 6.07) is 12.2. The van der Waals surface area contributed by atoms with Crippen molar-refractivity contribution in [2.24, 2.45) is 4.99 Å². The standard InChI is InChI=1S/C19H27N3O2S.HI/c1-4-20-19(21-14-18-10-9-15(2)25-18)22-16-7-5-8-17(13-16)24-12-6-11-23-3;/h5,7-10,13H,4,6,11-12,14H2,1-3H3,(H2,20,21,22);1H. The Balaban J connectivity index is 0.00000338. The molecule has 5 nitrogen and oxygen atoms in total. The Morgan fingerprint density at radius 2 is 2.04 bits per heavy atom. The number of guanidine groups is 1. The van der Waals surface area contributed by atoms with Crippen LogP contribution in [0.2, 0.25) is 0 Å². The number of nitrogens with zero attached hydrogens (tertiary/aromatic N) is 1. The van der Waals surface area contributed by atoms with Crippen molar-refractivity contribution >= 4 is 47.0 Å². The molecule has 0 fully saturated rings. The largest absolute Gasteiger partial charge is 0.493 e. The Labute approximate surface area is 177 Å². The molecule has 2 N–H and O–H groups in total. The fraction of sp³-hybridized carbons (Fsp3) is 0.421. The van der Waals surface area contributed by atoms with Crippen LogP contribution < -0.4 is 15.4 Å². The molecule has 7 heteroatoms. The van der Waals surface area contributed by atoms with Gasteiger partial charge in [-0.25, -0.2) is 4.99 Å². The molecule has 0 aliphatic carbocycles. The molecule has 2 rings (SSSR count). The van der Waals surface area contributed by atoms with Crippen LogP contribution >= 0.6 is 35.3 Å². The smallest absolute Gasteiger partial charge is 0.196 e. The van der Waals surface area contributed by atoms with Crippen LogP contribution in [0.25, 0.3) is 0 Å². The fourth-order valence-electron chi connectivity index (χ4n) is 2.23. The van der Waals surface area contributed by atoms with Gasteiger partial charge in [-0.2, -0.15) is 0 Å². The molecular weight excluding hydrogens is 461 g/mol. The molecule has 1 heterocycles. The number of rotatable bonds is 9. The molecule has 144 valence electrons. The number of hydrogen-bond acceptors (Lipinski definition) is 4. The quantitative estimate of drug-likeness (QED) is 0.233. The minimum absolute atomic E-state index is 0. The minimum Gasteiger partial charge on any atom is -0.493 e. The maximum atomic E-state index is 5.74. The van der Waals surface area contributed by atoms with Gasteiger partial charge < -0.3 is 20.1 Å². The third-order valence-corrected chi connectivity index (χ3v) is 4.38. The molecule has 1 aromatic heterocycles. The molecule has 26 heavy (non-hydrogen) atoms. The van der Waals surface area contributed by atoms with Gasteiger partial charge >= 0.3 is 0 Å². The topological polar surface area (TPSA) is 54.9 Å². The zero-order chi connectivity index (χ0) is 17.9. The summed E-state index contributed by atoms with van der Waals surface area (Å²) in [4.78, 5) is 7.22. The first kappa shape index (κ1) is 22.7. The predicted octanol–water partition coefficient (Wildman–Crippen LogP) is 4.67. The molecule has 0 bridgehead atoms.